The van der Waals surface area contributed by atoms with Gasteiger partial charge in [0.15, 0.2) is 17.0 Å². The van der Waals surface area contributed by atoms with Gasteiger partial charge in [0.05, 0.1) is 10.3 Å². The molecule has 1 aliphatic rings. The van der Waals surface area contributed by atoms with E-state index in [4.69, 9.17) is 0 Å². The van der Waals surface area contributed by atoms with Crippen molar-refractivity contribution in [2.45, 2.75) is 0 Å². The lowest BCUT2D eigenvalue weighted by atomic mass is 9.83. The average Bonchev–Trinajstić information content (AvgIpc) is 2.65. The Morgan fingerprint density at radius 3 is 2.08 bits per heavy atom. The van der Waals surface area contributed by atoms with E-state index in [0.29, 0.717) is 37.7 Å². The molecule has 25 heavy (non-hydrogen) atoms. The summed E-state index contributed by atoms with van der Waals surface area (Å²) < 4.78 is 1.40. The average molecular weight is 342 g/mol. The molecule has 1 heterocycles. The van der Waals surface area contributed by atoms with Crippen LogP contribution in [0.25, 0.3) is 20.2 Å². The lowest BCUT2D eigenvalue weighted by Crippen LogP contribution is -2.21. The fourth-order valence-corrected chi connectivity index (χ4v) is 4.65. The number of hydrogen-bond acceptors (Lipinski definition) is 4. The number of rotatable bonds is 0. The minimum atomic E-state index is -0.193. The minimum absolute atomic E-state index is 0.105. The predicted molar refractivity (Wildman–Crippen MR) is 98.9 cm³/mol. The third kappa shape index (κ3) is 1.83. The van der Waals surface area contributed by atoms with E-state index in [9.17, 15) is 14.4 Å². The van der Waals surface area contributed by atoms with Gasteiger partial charge in [-0.3, -0.25) is 14.4 Å². The van der Waals surface area contributed by atoms with Crippen molar-refractivity contribution in [1.82, 2.24) is 0 Å². The lowest BCUT2D eigenvalue weighted by Gasteiger charge is -2.18. The van der Waals surface area contributed by atoms with Crippen molar-refractivity contribution in [2.24, 2.45) is 0 Å². The summed E-state index contributed by atoms with van der Waals surface area (Å²) in [6, 6.07) is 17.5. The van der Waals surface area contributed by atoms with Crippen LogP contribution in [-0.4, -0.2) is 11.6 Å². The number of hydrogen-bond donors (Lipinski definition) is 0. The van der Waals surface area contributed by atoms with Gasteiger partial charge in [-0.2, -0.15) is 0 Å². The van der Waals surface area contributed by atoms with Crippen molar-refractivity contribution in [3.05, 3.63) is 93.1 Å². The molecule has 4 aromatic rings. The van der Waals surface area contributed by atoms with E-state index in [0.717, 1.165) is 4.70 Å². The van der Waals surface area contributed by atoms with Crippen LogP contribution in [0, 0.1) is 0 Å². The van der Waals surface area contributed by atoms with Crippen molar-refractivity contribution in [1.29, 1.82) is 0 Å². The zero-order valence-corrected chi connectivity index (χ0v) is 13.7. The van der Waals surface area contributed by atoms with Gasteiger partial charge in [0.2, 0.25) is 0 Å². The van der Waals surface area contributed by atoms with Gasteiger partial charge in [-0.15, -0.1) is 11.3 Å². The molecule has 1 aromatic heterocycles. The number of fused-ring (bicyclic) bond motifs is 5. The van der Waals surface area contributed by atoms with Crippen LogP contribution in [0.5, 0.6) is 0 Å². The molecule has 3 nitrogen and oxygen atoms in total. The van der Waals surface area contributed by atoms with Crippen molar-refractivity contribution >= 4 is 43.1 Å². The fraction of sp³-hybridized carbons (Fsp3) is 0. The van der Waals surface area contributed by atoms with E-state index >= 15 is 0 Å². The molecule has 0 amide bonds. The second kappa shape index (κ2) is 4.94. The van der Waals surface area contributed by atoms with E-state index in [1.165, 1.54) is 11.3 Å². The highest BCUT2D eigenvalue weighted by atomic mass is 32.1. The number of benzene rings is 3. The molecule has 0 atom stereocenters. The van der Waals surface area contributed by atoms with E-state index < -0.39 is 0 Å². The standard InChI is InChI=1S/C21H10O3S/c22-18-11-5-1-2-6-12(11)20(24)17-14(18)9-10-15-19(23)13-7-3-4-8-16(13)25-21(15)17/h1-10H. The van der Waals surface area contributed by atoms with Gasteiger partial charge in [0, 0.05) is 32.2 Å². The van der Waals surface area contributed by atoms with Gasteiger partial charge in [-0.05, 0) is 24.3 Å². The molecule has 0 fully saturated rings. The van der Waals surface area contributed by atoms with Gasteiger partial charge in [0.25, 0.3) is 0 Å². The first-order valence-corrected chi connectivity index (χ1v) is 8.65. The maximum atomic E-state index is 13.1. The van der Waals surface area contributed by atoms with Gasteiger partial charge in [-0.1, -0.05) is 36.4 Å². The molecule has 0 saturated carbocycles. The van der Waals surface area contributed by atoms with Crippen LogP contribution in [0.1, 0.15) is 31.8 Å². The molecule has 0 saturated heterocycles. The van der Waals surface area contributed by atoms with Crippen molar-refractivity contribution in [3.8, 4) is 0 Å². The van der Waals surface area contributed by atoms with Crippen LogP contribution in [0.2, 0.25) is 0 Å². The van der Waals surface area contributed by atoms with Gasteiger partial charge in [-0.25, -0.2) is 0 Å². The van der Waals surface area contributed by atoms with E-state index in [1.54, 1.807) is 42.5 Å². The Morgan fingerprint density at radius 2 is 1.28 bits per heavy atom. The largest absolute Gasteiger partial charge is 0.289 e. The second-order valence-electron chi connectivity index (χ2n) is 6.00. The molecular weight excluding hydrogens is 332 g/mol. The summed E-state index contributed by atoms with van der Waals surface area (Å²) in [7, 11) is 0. The van der Waals surface area contributed by atoms with Crippen LogP contribution < -0.4 is 5.43 Å². The summed E-state index contributed by atoms with van der Waals surface area (Å²) in [4.78, 5) is 38.7. The van der Waals surface area contributed by atoms with Crippen LogP contribution in [-0.2, 0) is 0 Å². The third-order valence-corrected chi connectivity index (χ3v) is 5.84. The van der Waals surface area contributed by atoms with Crippen LogP contribution >= 0.6 is 11.3 Å². The van der Waals surface area contributed by atoms with Crippen molar-refractivity contribution in [3.63, 3.8) is 0 Å². The molecule has 0 bridgehead atoms. The Morgan fingerprint density at radius 1 is 0.600 bits per heavy atom. The molecule has 1 aliphatic carbocycles. The Bertz CT molecular complexity index is 1300. The summed E-state index contributed by atoms with van der Waals surface area (Å²) in [5.41, 5.74) is 1.45. The highest BCUT2D eigenvalue weighted by Gasteiger charge is 2.31. The molecule has 0 N–H and O–H groups in total. The zero-order valence-electron chi connectivity index (χ0n) is 12.9. The first-order chi connectivity index (χ1) is 12.2. The first-order valence-electron chi connectivity index (χ1n) is 7.84. The molecular formula is C21H10O3S. The number of carbonyl (C=O) groups is 2. The highest BCUT2D eigenvalue weighted by Crippen LogP contribution is 2.35. The Hall–Kier alpha value is -3.11. The maximum Gasteiger partial charge on any atom is 0.195 e. The van der Waals surface area contributed by atoms with Gasteiger partial charge < -0.3 is 0 Å². The first kappa shape index (κ1) is 14.3. The second-order valence-corrected chi connectivity index (χ2v) is 7.05. The van der Waals surface area contributed by atoms with Gasteiger partial charge >= 0.3 is 0 Å². The molecule has 0 aliphatic heterocycles. The highest BCUT2D eigenvalue weighted by molar-refractivity contribution is 7.25. The smallest absolute Gasteiger partial charge is 0.195 e. The maximum absolute atomic E-state index is 13.1. The molecule has 0 spiro atoms. The number of carbonyl (C=O) groups excluding carboxylic acids is 2. The Labute approximate surface area is 146 Å². The molecule has 4 heteroatoms. The van der Waals surface area contributed by atoms with E-state index in [1.807, 2.05) is 18.2 Å². The third-order valence-electron chi connectivity index (χ3n) is 4.63. The normalized spacial score (nSPS) is 13.1. The van der Waals surface area contributed by atoms with E-state index in [2.05, 4.69) is 0 Å². The monoisotopic (exact) mass is 342 g/mol. The van der Waals surface area contributed by atoms with E-state index in [-0.39, 0.29) is 17.0 Å². The predicted octanol–water partition coefficient (Wildman–Crippen LogP) is 4.19. The lowest BCUT2D eigenvalue weighted by molar-refractivity contribution is 0.0980. The quantitative estimate of drug-likeness (QED) is 0.397. The zero-order chi connectivity index (χ0) is 17.1. The summed E-state index contributed by atoms with van der Waals surface area (Å²) in [5.74, 6) is -0.360. The molecule has 118 valence electrons. The van der Waals surface area contributed by atoms with Crippen LogP contribution in [0.15, 0.2) is 65.5 Å². The molecule has 5 rings (SSSR count). The Balaban J connectivity index is 1.97. The summed E-state index contributed by atoms with van der Waals surface area (Å²) in [5, 5.41) is 1.12. The molecule has 0 unspecified atom stereocenters. The summed E-state index contributed by atoms with van der Waals surface area (Å²) in [6.45, 7) is 0. The SMILES string of the molecule is O=C1c2ccccc2C(=O)c2c1ccc1c(=O)c3ccccc3sc21. The minimum Gasteiger partial charge on any atom is -0.289 e. The number of ketones is 2. The summed E-state index contributed by atoms with van der Waals surface area (Å²) in [6.07, 6.45) is 0. The van der Waals surface area contributed by atoms with Crippen molar-refractivity contribution in [2.75, 3.05) is 0 Å². The topological polar surface area (TPSA) is 51.2 Å². The molecule has 3 aromatic carbocycles. The van der Waals surface area contributed by atoms with Crippen LogP contribution in [0.3, 0.4) is 0 Å². The van der Waals surface area contributed by atoms with Crippen molar-refractivity contribution < 1.29 is 9.59 Å². The molecule has 0 radical (unpaired) electrons. The Kier molecular flexibility index (Phi) is 2.82. The van der Waals surface area contributed by atoms with Crippen LogP contribution in [0.4, 0.5) is 0 Å². The summed E-state index contributed by atoms with van der Waals surface area (Å²) >= 11 is 1.39. The fourth-order valence-electron chi connectivity index (χ4n) is 3.44. The van der Waals surface area contributed by atoms with Gasteiger partial charge in [0.1, 0.15) is 0 Å².